The number of nitrogens with zero attached hydrogens (tertiary/aromatic N) is 1. The van der Waals surface area contributed by atoms with Crippen molar-refractivity contribution in [3.8, 4) is 5.69 Å². The Balaban J connectivity index is 2.22. The fourth-order valence-corrected chi connectivity index (χ4v) is 4.50. The van der Waals surface area contributed by atoms with E-state index < -0.39 is 17.4 Å². The summed E-state index contributed by atoms with van der Waals surface area (Å²) in [7, 11) is 0. The van der Waals surface area contributed by atoms with Crippen molar-refractivity contribution in [1.82, 2.24) is 9.88 Å². The van der Waals surface area contributed by atoms with Gasteiger partial charge in [0, 0.05) is 15.0 Å². The number of rotatable bonds is 4. The predicted molar refractivity (Wildman–Crippen MR) is 102 cm³/mol. The number of carbonyl (C=O) groups is 2. The van der Waals surface area contributed by atoms with Gasteiger partial charge in [0.15, 0.2) is 0 Å². The molecule has 6 nitrogen and oxygen atoms in total. The number of fused-ring (bicyclic) bond motifs is 1. The van der Waals surface area contributed by atoms with Gasteiger partial charge in [-0.1, -0.05) is 13.3 Å². The first-order valence-corrected chi connectivity index (χ1v) is 9.33. The van der Waals surface area contributed by atoms with E-state index in [0.717, 1.165) is 30.9 Å². The van der Waals surface area contributed by atoms with Gasteiger partial charge in [-0.15, -0.1) is 0 Å². The molecule has 0 aliphatic carbocycles. The number of hydrogen-bond acceptors (Lipinski definition) is 4. The zero-order valence-electron chi connectivity index (χ0n) is 13.4. The van der Waals surface area contributed by atoms with Gasteiger partial charge in [-0.05, 0) is 62.4 Å². The van der Waals surface area contributed by atoms with Gasteiger partial charge in [-0.2, -0.15) is 0 Å². The molecule has 8 heteroatoms. The number of benzene rings is 1. The summed E-state index contributed by atoms with van der Waals surface area (Å²) in [5.74, 6) is -1.27. The van der Waals surface area contributed by atoms with Gasteiger partial charge >= 0.3 is 0 Å². The average Bonchev–Trinajstić information content (AvgIpc) is 2.81. The highest BCUT2D eigenvalue weighted by molar-refractivity contribution is 9.11. The number of aryl methyl sites for hydroxylation is 1. The van der Waals surface area contributed by atoms with Crippen LogP contribution < -0.4 is 16.6 Å². The molecule has 2 aromatic rings. The van der Waals surface area contributed by atoms with Crippen LogP contribution in [0.25, 0.3) is 5.69 Å². The molecule has 1 aliphatic heterocycles. The summed E-state index contributed by atoms with van der Waals surface area (Å²) < 4.78 is 2.58. The second-order valence-electron chi connectivity index (χ2n) is 5.79. The van der Waals surface area contributed by atoms with E-state index in [9.17, 15) is 14.4 Å². The Morgan fingerprint density at radius 1 is 1.08 bits per heavy atom. The summed E-state index contributed by atoms with van der Waals surface area (Å²) in [5, 5.41) is 2.16. The van der Waals surface area contributed by atoms with Crippen LogP contribution >= 0.6 is 31.9 Å². The van der Waals surface area contributed by atoms with Gasteiger partial charge in [0.2, 0.25) is 0 Å². The molecular weight excluding hydrogens is 454 g/mol. The Bertz CT molecular complexity index is 943. The molecule has 0 saturated carbocycles. The van der Waals surface area contributed by atoms with Gasteiger partial charge in [0.25, 0.3) is 17.4 Å². The van der Waals surface area contributed by atoms with E-state index in [-0.39, 0.29) is 16.9 Å². The maximum Gasteiger partial charge on any atom is 0.262 e. The molecule has 0 bridgehead atoms. The van der Waals surface area contributed by atoms with Gasteiger partial charge in [0.1, 0.15) is 5.82 Å². The third-order valence-electron chi connectivity index (χ3n) is 4.07. The number of anilines is 1. The average molecular weight is 469 g/mol. The zero-order valence-corrected chi connectivity index (χ0v) is 16.5. The summed E-state index contributed by atoms with van der Waals surface area (Å²) in [5.41, 5.74) is 7.25. The fraction of sp³-hybridized carbons (Fsp3) is 0.235. The van der Waals surface area contributed by atoms with Crippen molar-refractivity contribution in [3.63, 3.8) is 0 Å². The lowest BCUT2D eigenvalue weighted by Gasteiger charge is -2.16. The second kappa shape index (κ2) is 6.76. The third kappa shape index (κ3) is 3.04. The number of nitrogens with one attached hydrogen (secondary N) is 1. The van der Waals surface area contributed by atoms with Crippen LogP contribution in [0.15, 0.2) is 31.9 Å². The molecule has 1 aromatic carbocycles. The first kappa shape index (κ1) is 17.9. The van der Waals surface area contributed by atoms with Crippen molar-refractivity contribution < 1.29 is 9.59 Å². The van der Waals surface area contributed by atoms with E-state index in [1.165, 1.54) is 4.57 Å². The Kier molecular flexibility index (Phi) is 4.83. The molecule has 1 aliphatic rings. The first-order chi connectivity index (χ1) is 11.8. The van der Waals surface area contributed by atoms with Crippen molar-refractivity contribution >= 4 is 49.5 Å². The number of imide groups is 1. The summed E-state index contributed by atoms with van der Waals surface area (Å²) in [6.07, 6.45) is 3.05. The van der Waals surface area contributed by atoms with E-state index in [0.29, 0.717) is 14.6 Å². The highest BCUT2D eigenvalue weighted by atomic mass is 79.9. The number of nitrogen functional groups attached to an aromatic ring is 1. The summed E-state index contributed by atoms with van der Waals surface area (Å²) in [4.78, 5) is 36.3. The largest absolute Gasteiger partial charge is 0.384 e. The van der Waals surface area contributed by atoms with Gasteiger partial charge < -0.3 is 5.73 Å². The molecule has 2 amide bonds. The van der Waals surface area contributed by atoms with Gasteiger partial charge in [-0.3, -0.25) is 24.3 Å². The monoisotopic (exact) mass is 467 g/mol. The molecule has 25 heavy (non-hydrogen) atoms. The fourth-order valence-electron chi connectivity index (χ4n) is 2.87. The first-order valence-electron chi connectivity index (χ1n) is 7.74. The Labute approximate surface area is 160 Å². The second-order valence-corrected chi connectivity index (χ2v) is 7.50. The third-order valence-corrected chi connectivity index (χ3v) is 5.28. The quantitative estimate of drug-likeness (QED) is 0.673. The smallest absolute Gasteiger partial charge is 0.262 e. The van der Waals surface area contributed by atoms with Gasteiger partial charge in [0.05, 0.1) is 16.8 Å². The number of pyridine rings is 1. The van der Waals surface area contributed by atoms with Gasteiger partial charge in [-0.25, -0.2) is 0 Å². The lowest BCUT2D eigenvalue weighted by atomic mass is 10.1. The van der Waals surface area contributed by atoms with Crippen LogP contribution in [0.5, 0.6) is 0 Å². The minimum atomic E-state index is -0.607. The Morgan fingerprint density at radius 2 is 1.72 bits per heavy atom. The number of carbonyl (C=O) groups excluding carboxylic acids is 2. The zero-order chi connectivity index (χ0) is 18.3. The van der Waals surface area contributed by atoms with E-state index in [2.05, 4.69) is 44.1 Å². The molecule has 0 radical (unpaired) electrons. The number of nitrogens with two attached hydrogens (primary N) is 1. The minimum Gasteiger partial charge on any atom is -0.384 e. The normalized spacial score (nSPS) is 13.1. The molecule has 3 rings (SSSR count). The number of amides is 2. The molecule has 0 saturated heterocycles. The Morgan fingerprint density at radius 3 is 2.32 bits per heavy atom. The molecule has 3 N–H and O–H groups in total. The van der Waals surface area contributed by atoms with Crippen molar-refractivity contribution in [2.75, 3.05) is 5.73 Å². The highest BCUT2D eigenvalue weighted by Gasteiger charge is 2.32. The number of unbranched alkanes of at least 4 members (excludes halogenated alkanes) is 1. The summed E-state index contributed by atoms with van der Waals surface area (Å²) >= 11 is 6.98. The number of hydrogen-bond donors (Lipinski definition) is 2. The van der Waals surface area contributed by atoms with Crippen molar-refractivity contribution in [2.24, 2.45) is 0 Å². The molecule has 1 aromatic heterocycles. The van der Waals surface area contributed by atoms with Crippen LogP contribution in [0.1, 0.15) is 46.0 Å². The molecule has 2 heterocycles. The molecule has 0 spiro atoms. The standard InChI is InChI=1S/C17H15Br2N3O3/c1-2-3-4-8-5-10(18)14(11(19)6-8)22-12(23)7-9-13(15(22)20)17(25)21-16(9)24/h5-7H,2-4,20H2,1H3,(H,21,24,25). The maximum absolute atomic E-state index is 12.6. The summed E-state index contributed by atoms with van der Waals surface area (Å²) in [6, 6.07) is 5.00. The lowest BCUT2D eigenvalue weighted by Crippen LogP contribution is -2.24. The lowest BCUT2D eigenvalue weighted by molar-refractivity contribution is 0.0880. The van der Waals surface area contributed by atoms with Crippen LogP contribution in [-0.4, -0.2) is 16.4 Å². The SMILES string of the molecule is CCCCc1cc(Br)c(-n2c(N)c3c(cc2=O)C(=O)NC3=O)c(Br)c1. The van der Waals surface area contributed by atoms with E-state index in [4.69, 9.17) is 5.73 Å². The molecular formula is C17H15Br2N3O3. The molecule has 0 fully saturated rings. The maximum atomic E-state index is 12.6. The minimum absolute atomic E-state index is 0.00978. The highest BCUT2D eigenvalue weighted by Crippen LogP contribution is 2.33. The molecule has 130 valence electrons. The van der Waals surface area contributed by atoms with E-state index in [1.807, 2.05) is 12.1 Å². The van der Waals surface area contributed by atoms with Crippen LogP contribution in [0, 0.1) is 0 Å². The van der Waals surface area contributed by atoms with Crippen molar-refractivity contribution in [1.29, 1.82) is 0 Å². The topological polar surface area (TPSA) is 94.2 Å². The van der Waals surface area contributed by atoms with Crippen LogP contribution in [0.3, 0.4) is 0 Å². The molecule has 0 unspecified atom stereocenters. The van der Waals surface area contributed by atoms with E-state index in [1.54, 1.807) is 0 Å². The number of halogens is 2. The van der Waals surface area contributed by atoms with Crippen LogP contribution in [-0.2, 0) is 6.42 Å². The number of aromatic nitrogens is 1. The predicted octanol–water partition coefficient (Wildman–Crippen LogP) is 3.17. The van der Waals surface area contributed by atoms with Crippen molar-refractivity contribution in [2.45, 2.75) is 26.2 Å². The van der Waals surface area contributed by atoms with Crippen LogP contribution in [0.2, 0.25) is 0 Å². The Hall–Kier alpha value is -1.93. The summed E-state index contributed by atoms with van der Waals surface area (Å²) in [6.45, 7) is 2.12. The van der Waals surface area contributed by atoms with Crippen LogP contribution in [0.4, 0.5) is 5.82 Å². The van der Waals surface area contributed by atoms with Crippen molar-refractivity contribution in [3.05, 3.63) is 54.2 Å². The van der Waals surface area contributed by atoms with E-state index >= 15 is 0 Å². The molecule has 0 atom stereocenters.